The molecule has 3 heterocycles. The fourth-order valence-corrected chi connectivity index (χ4v) is 3.09. The lowest BCUT2D eigenvalue weighted by Gasteiger charge is -2.20. The molecule has 1 aliphatic heterocycles. The maximum absolute atomic E-state index is 12.4. The first-order chi connectivity index (χ1) is 10.2. The van der Waals surface area contributed by atoms with Crippen LogP contribution in [0.4, 0.5) is 0 Å². The summed E-state index contributed by atoms with van der Waals surface area (Å²) < 4.78 is 5.12. The first-order valence-electron chi connectivity index (χ1n) is 7.03. The Kier molecular flexibility index (Phi) is 4.31. The molecule has 0 unspecified atom stereocenters. The van der Waals surface area contributed by atoms with Crippen molar-refractivity contribution in [1.82, 2.24) is 19.8 Å². The minimum Gasteiger partial charge on any atom is -0.448 e. The van der Waals surface area contributed by atoms with Crippen molar-refractivity contribution in [2.75, 3.05) is 26.2 Å². The van der Waals surface area contributed by atoms with Crippen molar-refractivity contribution in [3.05, 3.63) is 34.4 Å². The Morgan fingerprint density at radius 1 is 1.33 bits per heavy atom. The zero-order valence-electron chi connectivity index (χ0n) is 12.0. The van der Waals surface area contributed by atoms with Crippen LogP contribution in [0.15, 0.2) is 21.7 Å². The summed E-state index contributed by atoms with van der Waals surface area (Å²) in [6.07, 6.45) is 2.29. The number of thiazole rings is 1. The average molecular weight is 306 g/mol. The zero-order valence-corrected chi connectivity index (χ0v) is 12.8. The number of aryl methyl sites for hydroxylation is 1. The average Bonchev–Trinajstić information content (AvgIpc) is 3.07. The van der Waals surface area contributed by atoms with Crippen LogP contribution in [-0.4, -0.2) is 51.9 Å². The summed E-state index contributed by atoms with van der Waals surface area (Å²) in [6.45, 7) is 5.95. The molecule has 0 spiro atoms. The molecule has 6 nitrogen and oxygen atoms in total. The number of carbonyl (C=O) groups is 1. The minimum atomic E-state index is -0.0308. The van der Waals surface area contributed by atoms with Crippen LogP contribution in [0.1, 0.15) is 28.4 Å². The fourth-order valence-electron chi connectivity index (χ4n) is 2.54. The highest BCUT2D eigenvalue weighted by atomic mass is 32.1. The summed E-state index contributed by atoms with van der Waals surface area (Å²) in [5, 5.41) is 2.08. The molecule has 0 bridgehead atoms. The molecule has 0 saturated carbocycles. The Hall–Kier alpha value is -1.73. The van der Waals surface area contributed by atoms with Crippen LogP contribution in [-0.2, 0) is 6.54 Å². The molecular formula is C14H18N4O2S. The predicted molar refractivity (Wildman–Crippen MR) is 79.2 cm³/mol. The van der Waals surface area contributed by atoms with Gasteiger partial charge in [0, 0.05) is 38.1 Å². The minimum absolute atomic E-state index is 0.0308. The normalized spacial score (nSPS) is 16.9. The quantitative estimate of drug-likeness (QED) is 0.865. The number of nitrogens with zero attached hydrogens (tertiary/aromatic N) is 4. The fraction of sp³-hybridized carbons (Fsp3) is 0.500. The molecule has 1 amide bonds. The van der Waals surface area contributed by atoms with E-state index in [1.165, 1.54) is 6.39 Å². The van der Waals surface area contributed by atoms with Crippen molar-refractivity contribution in [1.29, 1.82) is 0 Å². The monoisotopic (exact) mass is 306 g/mol. The Labute approximate surface area is 127 Å². The molecule has 7 heteroatoms. The number of hydrogen-bond acceptors (Lipinski definition) is 6. The molecular weight excluding hydrogens is 288 g/mol. The molecule has 1 fully saturated rings. The third-order valence-electron chi connectivity index (χ3n) is 3.69. The second kappa shape index (κ2) is 6.36. The molecule has 2 aromatic rings. The number of amides is 1. The smallest absolute Gasteiger partial charge is 0.276 e. The van der Waals surface area contributed by atoms with Gasteiger partial charge in [-0.3, -0.25) is 9.69 Å². The highest BCUT2D eigenvalue weighted by molar-refractivity contribution is 7.07. The van der Waals surface area contributed by atoms with Gasteiger partial charge in [0.1, 0.15) is 5.76 Å². The molecule has 3 rings (SSSR count). The summed E-state index contributed by atoms with van der Waals surface area (Å²) in [4.78, 5) is 25.0. The first kappa shape index (κ1) is 14.2. The summed E-state index contributed by atoms with van der Waals surface area (Å²) in [7, 11) is 0. The van der Waals surface area contributed by atoms with E-state index >= 15 is 0 Å². The van der Waals surface area contributed by atoms with E-state index in [1.807, 2.05) is 10.4 Å². The van der Waals surface area contributed by atoms with E-state index in [4.69, 9.17) is 4.42 Å². The SMILES string of the molecule is Cc1ocnc1C(=O)N1CCCN(Cc2cscn2)CC1. The van der Waals surface area contributed by atoms with Gasteiger partial charge in [-0.05, 0) is 13.3 Å². The van der Waals surface area contributed by atoms with Crippen molar-refractivity contribution in [3.63, 3.8) is 0 Å². The third kappa shape index (κ3) is 3.30. The molecule has 0 radical (unpaired) electrons. The van der Waals surface area contributed by atoms with Gasteiger partial charge in [-0.15, -0.1) is 11.3 Å². The van der Waals surface area contributed by atoms with Gasteiger partial charge in [0.15, 0.2) is 12.1 Å². The van der Waals surface area contributed by atoms with E-state index in [9.17, 15) is 4.79 Å². The molecule has 0 aromatic carbocycles. The Balaban J connectivity index is 1.60. The van der Waals surface area contributed by atoms with Crippen molar-refractivity contribution in [3.8, 4) is 0 Å². The summed E-state index contributed by atoms with van der Waals surface area (Å²) in [5.74, 6) is 0.556. The summed E-state index contributed by atoms with van der Waals surface area (Å²) >= 11 is 1.62. The predicted octanol–water partition coefficient (Wildman–Crippen LogP) is 1.79. The van der Waals surface area contributed by atoms with Gasteiger partial charge in [0.25, 0.3) is 5.91 Å². The maximum Gasteiger partial charge on any atom is 0.276 e. The number of aromatic nitrogens is 2. The van der Waals surface area contributed by atoms with Gasteiger partial charge >= 0.3 is 0 Å². The second-order valence-electron chi connectivity index (χ2n) is 5.16. The number of hydrogen-bond donors (Lipinski definition) is 0. The van der Waals surface area contributed by atoms with E-state index in [0.717, 1.165) is 44.8 Å². The zero-order chi connectivity index (χ0) is 14.7. The number of rotatable bonds is 3. The van der Waals surface area contributed by atoms with Crippen LogP contribution in [0.25, 0.3) is 0 Å². The van der Waals surface area contributed by atoms with E-state index < -0.39 is 0 Å². The molecule has 0 aliphatic carbocycles. The van der Waals surface area contributed by atoms with Gasteiger partial charge in [-0.25, -0.2) is 9.97 Å². The van der Waals surface area contributed by atoms with E-state index in [2.05, 4.69) is 20.2 Å². The van der Waals surface area contributed by atoms with Gasteiger partial charge in [0.2, 0.25) is 0 Å². The molecule has 1 aliphatic rings. The highest BCUT2D eigenvalue weighted by Crippen LogP contribution is 2.13. The Bertz CT molecular complexity index is 596. The number of carbonyl (C=O) groups excluding carboxylic acids is 1. The molecule has 0 N–H and O–H groups in total. The molecule has 21 heavy (non-hydrogen) atoms. The van der Waals surface area contributed by atoms with Crippen LogP contribution in [0.2, 0.25) is 0 Å². The molecule has 112 valence electrons. The second-order valence-corrected chi connectivity index (χ2v) is 5.88. The van der Waals surface area contributed by atoms with Crippen LogP contribution < -0.4 is 0 Å². The van der Waals surface area contributed by atoms with Gasteiger partial charge in [-0.2, -0.15) is 0 Å². The molecule has 0 atom stereocenters. The van der Waals surface area contributed by atoms with Gasteiger partial charge in [0.05, 0.1) is 11.2 Å². The lowest BCUT2D eigenvalue weighted by Crippen LogP contribution is -2.35. The molecule has 1 saturated heterocycles. The first-order valence-corrected chi connectivity index (χ1v) is 7.97. The van der Waals surface area contributed by atoms with E-state index in [0.29, 0.717) is 11.5 Å². The van der Waals surface area contributed by atoms with Crippen LogP contribution in [0.3, 0.4) is 0 Å². The van der Waals surface area contributed by atoms with Gasteiger partial charge < -0.3 is 9.32 Å². The third-order valence-corrected chi connectivity index (χ3v) is 4.33. The lowest BCUT2D eigenvalue weighted by molar-refractivity contribution is 0.0754. The van der Waals surface area contributed by atoms with Crippen LogP contribution in [0.5, 0.6) is 0 Å². The highest BCUT2D eigenvalue weighted by Gasteiger charge is 2.23. The van der Waals surface area contributed by atoms with Crippen molar-refractivity contribution in [2.45, 2.75) is 19.9 Å². The Morgan fingerprint density at radius 2 is 2.24 bits per heavy atom. The van der Waals surface area contributed by atoms with Crippen molar-refractivity contribution in [2.24, 2.45) is 0 Å². The Morgan fingerprint density at radius 3 is 2.95 bits per heavy atom. The van der Waals surface area contributed by atoms with Crippen LogP contribution >= 0.6 is 11.3 Å². The molecule has 2 aromatic heterocycles. The topological polar surface area (TPSA) is 62.5 Å². The number of oxazole rings is 1. The lowest BCUT2D eigenvalue weighted by atomic mass is 10.3. The standard InChI is InChI=1S/C14H18N4O2S/c1-11-13(15-9-20-11)14(19)18-4-2-3-17(5-6-18)7-12-8-21-10-16-12/h8-10H,2-7H2,1H3. The summed E-state index contributed by atoms with van der Waals surface area (Å²) in [5.41, 5.74) is 3.39. The van der Waals surface area contributed by atoms with Crippen LogP contribution in [0, 0.1) is 6.92 Å². The van der Waals surface area contributed by atoms with Crippen molar-refractivity contribution < 1.29 is 9.21 Å². The van der Waals surface area contributed by atoms with Crippen molar-refractivity contribution >= 4 is 17.2 Å². The summed E-state index contributed by atoms with van der Waals surface area (Å²) in [6, 6.07) is 0. The van der Waals surface area contributed by atoms with E-state index in [-0.39, 0.29) is 5.91 Å². The van der Waals surface area contributed by atoms with Gasteiger partial charge in [-0.1, -0.05) is 0 Å². The van der Waals surface area contributed by atoms with E-state index in [1.54, 1.807) is 18.3 Å². The maximum atomic E-state index is 12.4. The largest absolute Gasteiger partial charge is 0.448 e.